The predicted molar refractivity (Wildman–Crippen MR) is 105 cm³/mol. The minimum Gasteiger partial charge on any atom is -0.456 e. The predicted octanol–water partition coefficient (Wildman–Crippen LogP) is 2.94. The Hall–Kier alpha value is -2.49. The maximum atomic E-state index is 13.2. The largest absolute Gasteiger partial charge is 0.456 e. The van der Waals surface area contributed by atoms with E-state index in [4.69, 9.17) is 4.74 Å². The number of benzene rings is 2. The van der Waals surface area contributed by atoms with Crippen LogP contribution in [0.4, 0.5) is 5.69 Å². The summed E-state index contributed by atoms with van der Waals surface area (Å²) in [4.78, 5) is 12.4. The summed E-state index contributed by atoms with van der Waals surface area (Å²) < 4.78 is 33.6. The van der Waals surface area contributed by atoms with Crippen LogP contribution in [0.25, 0.3) is 0 Å². The third-order valence-corrected chi connectivity index (χ3v) is 6.56. The summed E-state index contributed by atoms with van der Waals surface area (Å²) in [5, 5.41) is 11.2. The van der Waals surface area contributed by atoms with E-state index >= 15 is 0 Å². The standard InChI is InChI=1S/C19H23N3O5S/c1-14-10-15(2)12-17(11-14)27-18-5-4-16(22(23)24)13-19(18)28(25,26)21-8-6-20(3)7-9-21/h4-5,10-13H,6-9H2,1-3H3. The number of nitrogens with zero attached hydrogens (tertiary/aromatic N) is 3. The highest BCUT2D eigenvalue weighted by molar-refractivity contribution is 7.89. The maximum Gasteiger partial charge on any atom is 0.271 e. The van der Waals surface area contributed by atoms with Gasteiger partial charge < -0.3 is 9.64 Å². The van der Waals surface area contributed by atoms with Crippen molar-refractivity contribution in [3.8, 4) is 11.5 Å². The molecule has 9 heteroatoms. The van der Waals surface area contributed by atoms with Crippen LogP contribution in [0.15, 0.2) is 41.3 Å². The minimum atomic E-state index is -3.94. The van der Waals surface area contributed by atoms with E-state index in [0.29, 0.717) is 31.9 Å². The van der Waals surface area contributed by atoms with Gasteiger partial charge >= 0.3 is 0 Å². The third-order valence-electron chi connectivity index (χ3n) is 4.64. The van der Waals surface area contributed by atoms with E-state index in [9.17, 15) is 18.5 Å². The molecule has 0 spiro atoms. The lowest BCUT2D eigenvalue weighted by molar-refractivity contribution is -0.385. The monoisotopic (exact) mass is 405 g/mol. The first kappa shape index (κ1) is 20.2. The molecular weight excluding hydrogens is 382 g/mol. The smallest absolute Gasteiger partial charge is 0.271 e. The number of hydrogen-bond donors (Lipinski definition) is 0. The molecule has 0 aromatic heterocycles. The fourth-order valence-corrected chi connectivity index (χ4v) is 4.74. The molecule has 0 amide bonds. The first-order valence-electron chi connectivity index (χ1n) is 8.90. The van der Waals surface area contributed by atoms with E-state index in [0.717, 1.165) is 17.2 Å². The van der Waals surface area contributed by atoms with Crippen LogP contribution >= 0.6 is 0 Å². The van der Waals surface area contributed by atoms with Crippen molar-refractivity contribution in [2.75, 3.05) is 33.2 Å². The van der Waals surface area contributed by atoms with E-state index in [-0.39, 0.29) is 16.3 Å². The van der Waals surface area contributed by atoms with Gasteiger partial charge in [-0.1, -0.05) is 6.07 Å². The van der Waals surface area contributed by atoms with Crippen molar-refractivity contribution in [1.29, 1.82) is 0 Å². The molecule has 0 bridgehead atoms. The molecule has 3 rings (SSSR count). The molecule has 2 aromatic carbocycles. The second kappa shape index (κ2) is 7.86. The maximum absolute atomic E-state index is 13.2. The van der Waals surface area contributed by atoms with Crippen LogP contribution in [0.2, 0.25) is 0 Å². The second-order valence-electron chi connectivity index (χ2n) is 7.02. The van der Waals surface area contributed by atoms with Crippen LogP contribution in [0.1, 0.15) is 11.1 Å². The average Bonchev–Trinajstić information content (AvgIpc) is 2.61. The average molecular weight is 405 g/mol. The van der Waals surface area contributed by atoms with Crippen LogP contribution in [0.5, 0.6) is 11.5 Å². The molecule has 0 aliphatic carbocycles. The first-order valence-corrected chi connectivity index (χ1v) is 10.3. The van der Waals surface area contributed by atoms with Gasteiger partial charge in [0.05, 0.1) is 4.92 Å². The van der Waals surface area contributed by atoms with Gasteiger partial charge in [0.2, 0.25) is 10.0 Å². The number of likely N-dealkylation sites (N-methyl/N-ethyl adjacent to an activating group) is 1. The number of piperazine rings is 1. The Labute approximate surface area is 164 Å². The number of non-ortho nitro benzene ring substituents is 1. The summed E-state index contributed by atoms with van der Waals surface area (Å²) >= 11 is 0. The lowest BCUT2D eigenvalue weighted by atomic mass is 10.1. The Morgan fingerprint density at radius 2 is 1.61 bits per heavy atom. The third kappa shape index (κ3) is 4.32. The molecule has 0 atom stereocenters. The van der Waals surface area contributed by atoms with E-state index in [1.54, 1.807) is 12.1 Å². The van der Waals surface area contributed by atoms with Crippen LogP contribution in [0, 0.1) is 24.0 Å². The Balaban J connectivity index is 2.04. The summed E-state index contributed by atoms with van der Waals surface area (Å²) in [5.41, 5.74) is 1.65. The molecule has 1 aliphatic rings. The molecule has 150 valence electrons. The zero-order valence-corrected chi connectivity index (χ0v) is 16.9. The lowest BCUT2D eigenvalue weighted by Gasteiger charge is -2.31. The normalized spacial score (nSPS) is 16.1. The van der Waals surface area contributed by atoms with Crippen molar-refractivity contribution in [1.82, 2.24) is 9.21 Å². The van der Waals surface area contributed by atoms with Gasteiger partial charge in [0.25, 0.3) is 5.69 Å². The SMILES string of the molecule is Cc1cc(C)cc(Oc2ccc([N+](=O)[O-])cc2S(=O)(=O)N2CCN(C)CC2)c1. The van der Waals surface area contributed by atoms with Crippen molar-refractivity contribution < 1.29 is 18.1 Å². The molecule has 28 heavy (non-hydrogen) atoms. The number of ether oxygens (including phenoxy) is 1. The van der Waals surface area contributed by atoms with Crippen molar-refractivity contribution >= 4 is 15.7 Å². The molecule has 0 N–H and O–H groups in total. The quantitative estimate of drug-likeness (QED) is 0.561. The number of nitro groups is 1. The highest BCUT2D eigenvalue weighted by Gasteiger charge is 2.32. The Kier molecular flexibility index (Phi) is 5.69. The number of sulfonamides is 1. The van der Waals surface area contributed by atoms with Gasteiger partial charge in [0, 0.05) is 38.3 Å². The van der Waals surface area contributed by atoms with E-state index < -0.39 is 14.9 Å². The number of hydrogen-bond acceptors (Lipinski definition) is 6. The lowest BCUT2D eigenvalue weighted by Crippen LogP contribution is -2.47. The summed E-state index contributed by atoms with van der Waals surface area (Å²) in [6, 6.07) is 9.23. The minimum absolute atomic E-state index is 0.0783. The molecule has 0 unspecified atom stereocenters. The highest BCUT2D eigenvalue weighted by atomic mass is 32.2. The number of rotatable bonds is 5. The molecule has 1 heterocycles. The van der Waals surface area contributed by atoms with Crippen LogP contribution in [-0.4, -0.2) is 55.8 Å². The second-order valence-corrected chi connectivity index (χ2v) is 8.93. The summed E-state index contributed by atoms with van der Waals surface area (Å²) in [6.45, 7) is 5.67. The number of aryl methyl sites for hydroxylation is 2. The van der Waals surface area contributed by atoms with Gasteiger partial charge in [-0.05, 0) is 50.2 Å². The molecule has 2 aromatic rings. The fourth-order valence-electron chi connectivity index (χ4n) is 3.18. The molecule has 0 radical (unpaired) electrons. The van der Waals surface area contributed by atoms with Crippen molar-refractivity contribution in [2.45, 2.75) is 18.7 Å². The molecule has 0 saturated carbocycles. The van der Waals surface area contributed by atoms with Crippen LogP contribution in [0.3, 0.4) is 0 Å². The molecule has 1 fully saturated rings. The molecular formula is C19H23N3O5S. The summed E-state index contributed by atoms with van der Waals surface area (Å²) in [6.07, 6.45) is 0. The summed E-state index contributed by atoms with van der Waals surface area (Å²) in [7, 11) is -2.01. The zero-order chi connectivity index (χ0) is 20.5. The van der Waals surface area contributed by atoms with Gasteiger partial charge in [0.15, 0.2) is 0 Å². The molecule has 1 aliphatic heterocycles. The zero-order valence-electron chi connectivity index (χ0n) is 16.1. The van der Waals surface area contributed by atoms with Crippen molar-refractivity contribution in [3.05, 3.63) is 57.6 Å². The van der Waals surface area contributed by atoms with Gasteiger partial charge in [0.1, 0.15) is 16.4 Å². The van der Waals surface area contributed by atoms with E-state index in [2.05, 4.69) is 0 Å². The van der Waals surface area contributed by atoms with Crippen molar-refractivity contribution in [2.24, 2.45) is 0 Å². The summed E-state index contributed by atoms with van der Waals surface area (Å²) in [5.74, 6) is 0.565. The molecule has 1 saturated heterocycles. The first-order chi connectivity index (χ1) is 13.2. The van der Waals surface area contributed by atoms with Gasteiger partial charge in [-0.15, -0.1) is 0 Å². The Morgan fingerprint density at radius 1 is 1.00 bits per heavy atom. The number of nitro benzene ring substituents is 1. The topological polar surface area (TPSA) is 93.0 Å². The van der Waals surface area contributed by atoms with Gasteiger partial charge in [-0.25, -0.2) is 8.42 Å². The fraction of sp³-hybridized carbons (Fsp3) is 0.368. The van der Waals surface area contributed by atoms with E-state index in [1.807, 2.05) is 31.9 Å². The van der Waals surface area contributed by atoms with Crippen molar-refractivity contribution in [3.63, 3.8) is 0 Å². The van der Waals surface area contributed by atoms with Crippen LogP contribution < -0.4 is 4.74 Å². The Bertz CT molecular complexity index is 978. The van der Waals surface area contributed by atoms with Gasteiger partial charge in [-0.3, -0.25) is 10.1 Å². The van der Waals surface area contributed by atoms with Crippen LogP contribution in [-0.2, 0) is 10.0 Å². The highest BCUT2D eigenvalue weighted by Crippen LogP contribution is 2.34. The Morgan fingerprint density at radius 3 is 2.18 bits per heavy atom. The molecule has 8 nitrogen and oxygen atoms in total. The van der Waals surface area contributed by atoms with E-state index in [1.165, 1.54) is 16.4 Å². The van der Waals surface area contributed by atoms with Gasteiger partial charge in [-0.2, -0.15) is 4.31 Å².